The van der Waals surface area contributed by atoms with E-state index in [9.17, 15) is 9.18 Å². The molecule has 2 N–H and O–H groups in total. The first-order chi connectivity index (χ1) is 8.99. The normalized spacial score (nSPS) is 12.1. The minimum absolute atomic E-state index is 0.178. The van der Waals surface area contributed by atoms with E-state index >= 15 is 0 Å². The molecule has 0 aliphatic carbocycles. The van der Waals surface area contributed by atoms with Crippen molar-refractivity contribution in [2.24, 2.45) is 11.7 Å². The number of carbonyl (C=O) groups is 1. The number of rotatable bonds is 6. The number of hydrogen-bond acceptors (Lipinski definition) is 4. The van der Waals surface area contributed by atoms with Gasteiger partial charge in [0.25, 0.3) is 0 Å². The van der Waals surface area contributed by atoms with Crippen molar-refractivity contribution in [3.63, 3.8) is 0 Å². The van der Waals surface area contributed by atoms with Gasteiger partial charge in [0, 0.05) is 6.07 Å². The van der Waals surface area contributed by atoms with E-state index in [-0.39, 0.29) is 15.8 Å². The third kappa shape index (κ3) is 4.47. The van der Waals surface area contributed by atoms with E-state index in [0.29, 0.717) is 19.1 Å². The van der Waals surface area contributed by atoms with Crippen molar-refractivity contribution in [3.8, 4) is 5.75 Å². The first kappa shape index (κ1) is 15.9. The molecule has 0 heterocycles. The van der Waals surface area contributed by atoms with Gasteiger partial charge in [-0.05, 0) is 40.9 Å². The van der Waals surface area contributed by atoms with Crippen LogP contribution in [0, 0.1) is 11.7 Å². The summed E-state index contributed by atoms with van der Waals surface area (Å²) in [5.74, 6) is -0.573. The quantitative estimate of drug-likeness (QED) is 0.813. The minimum Gasteiger partial charge on any atom is -0.493 e. The first-order valence-electron chi connectivity index (χ1n) is 5.89. The Bertz CT molecular complexity index is 454. The highest BCUT2D eigenvalue weighted by molar-refractivity contribution is 9.10. The summed E-state index contributed by atoms with van der Waals surface area (Å²) in [6, 6.07) is 2.52. The highest BCUT2D eigenvalue weighted by Crippen LogP contribution is 2.27. The number of methoxy groups -OCH3 is 1. The number of nitrogens with two attached hydrogens (primary N) is 1. The maximum atomic E-state index is 13.5. The highest BCUT2D eigenvalue weighted by Gasteiger charge is 2.17. The lowest BCUT2D eigenvalue weighted by molar-refractivity contribution is 0.0595. The first-order valence-corrected chi connectivity index (χ1v) is 6.69. The van der Waals surface area contributed by atoms with Crippen molar-refractivity contribution < 1.29 is 18.7 Å². The van der Waals surface area contributed by atoms with Gasteiger partial charge in [-0.1, -0.05) is 6.92 Å². The van der Waals surface area contributed by atoms with Gasteiger partial charge in [0.1, 0.15) is 17.1 Å². The van der Waals surface area contributed by atoms with Crippen LogP contribution in [0.1, 0.15) is 23.7 Å². The van der Waals surface area contributed by atoms with E-state index in [2.05, 4.69) is 20.7 Å². The second-order valence-corrected chi connectivity index (χ2v) is 5.09. The zero-order chi connectivity index (χ0) is 14.4. The van der Waals surface area contributed by atoms with Gasteiger partial charge in [0.15, 0.2) is 0 Å². The van der Waals surface area contributed by atoms with Gasteiger partial charge in [-0.15, -0.1) is 0 Å². The van der Waals surface area contributed by atoms with Crippen LogP contribution in [-0.2, 0) is 4.74 Å². The average molecular weight is 334 g/mol. The van der Waals surface area contributed by atoms with Gasteiger partial charge < -0.3 is 15.2 Å². The lowest BCUT2D eigenvalue weighted by atomic mass is 10.1. The Hall–Kier alpha value is -1.14. The van der Waals surface area contributed by atoms with Crippen LogP contribution in [0.25, 0.3) is 0 Å². The molecule has 0 saturated carbocycles. The van der Waals surface area contributed by atoms with Crippen LogP contribution in [0.3, 0.4) is 0 Å². The number of hydrogen-bond donors (Lipinski definition) is 1. The highest BCUT2D eigenvalue weighted by atomic mass is 79.9. The molecule has 0 aliphatic rings. The smallest absolute Gasteiger partial charge is 0.341 e. The fourth-order valence-electron chi connectivity index (χ4n) is 1.41. The fraction of sp³-hybridized carbons (Fsp3) is 0.462. The molecular formula is C13H17BrFNO3. The zero-order valence-electron chi connectivity index (χ0n) is 10.9. The summed E-state index contributed by atoms with van der Waals surface area (Å²) in [7, 11) is 1.26. The van der Waals surface area contributed by atoms with Crippen LogP contribution in [0.15, 0.2) is 16.6 Å². The fourth-order valence-corrected chi connectivity index (χ4v) is 1.75. The molecular weight excluding hydrogens is 317 g/mol. The molecule has 0 aromatic heterocycles. The molecule has 0 amide bonds. The van der Waals surface area contributed by atoms with Crippen molar-refractivity contribution in [2.45, 2.75) is 13.3 Å². The molecule has 1 aromatic rings. The SMILES string of the molecule is COC(=O)c1cc(Br)c(F)cc1OCC[C@@H](C)CN. The molecule has 0 saturated heterocycles. The summed E-state index contributed by atoms with van der Waals surface area (Å²) < 4.78 is 23.8. The number of ether oxygens (including phenoxy) is 2. The molecule has 106 valence electrons. The molecule has 0 unspecified atom stereocenters. The maximum Gasteiger partial charge on any atom is 0.341 e. The Balaban J connectivity index is 2.85. The summed E-state index contributed by atoms with van der Waals surface area (Å²) in [5, 5.41) is 0. The Morgan fingerprint density at radius 3 is 2.79 bits per heavy atom. The van der Waals surface area contributed by atoms with Crippen LogP contribution in [-0.4, -0.2) is 26.2 Å². The Morgan fingerprint density at radius 2 is 2.21 bits per heavy atom. The van der Waals surface area contributed by atoms with E-state index < -0.39 is 11.8 Å². The van der Waals surface area contributed by atoms with Crippen LogP contribution >= 0.6 is 15.9 Å². The van der Waals surface area contributed by atoms with Gasteiger partial charge >= 0.3 is 5.97 Å². The van der Waals surface area contributed by atoms with E-state index in [1.54, 1.807) is 0 Å². The third-order valence-corrected chi connectivity index (χ3v) is 3.31. The molecule has 0 spiro atoms. The summed E-state index contributed by atoms with van der Waals surface area (Å²) >= 11 is 3.03. The number of carbonyl (C=O) groups excluding carboxylic acids is 1. The van der Waals surface area contributed by atoms with Crippen LogP contribution < -0.4 is 10.5 Å². The molecule has 0 radical (unpaired) electrons. The van der Waals surface area contributed by atoms with E-state index in [0.717, 1.165) is 6.42 Å². The molecule has 1 atom stereocenters. The molecule has 6 heteroatoms. The number of esters is 1. The van der Waals surface area contributed by atoms with Gasteiger partial charge in [0.2, 0.25) is 0 Å². The van der Waals surface area contributed by atoms with Crippen LogP contribution in [0.5, 0.6) is 5.75 Å². The van der Waals surface area contributed by atoms with E-state index in [1.807, 2.05) is 6.92 Å². The number of halogens is 2. The lowest BCUT2D eigenvalue weighted by Crippen LogP contribution is -2.15. The van der Waals surface area contributed by atoms with E-state index in [4.69, 9.17) is 10.5 Å². The molecule has 0 aliphatic heterocycles. The zero-order valence-corrected chi connectivity index (χ0v) is 12.5. The topological polar surface area (TPSA) is 61.5 Å². The summed E-state index contributed by atoms with van der Waals surface area (Å²) in [6.07, 6.45) is 0.731. The molecule has 1 rings (SSSR count). The molecule has 4 nitrogen and oxygen atoms in total. The van der Waals surface area contributed by atoms with Crippen molar-refractivity contribution >= 4 is 21.9 Å². The van der Waals surface area contributed by atoms with Crippen molar-refractivity contribution in [1.29, 1.82) is 0 Å². The summed E-state index contributed by atoms with van der Waals surface area (Å²) in [5.41, 5.74) is 5.69. The Kier molecular flexibility index (Phi) is 6.24. The predicted octanol–water partition coefficient (Wildman–Crippen LogP) is 2.74. The molecule has 1 aromatic carbocycles. The van der Waals surface area contributed by atoms with Gasteiger partial charge in [-0.2, -0.15) is 0 Å². The summed E-state index contributed by atoms with van der Waals surface area (Å²) in [4.78, 5) is 11.6. The van der Waals surface area contributed by atoms with E-state index in [1.165, 1.54) is 19.2 Å². The standard InChI is InChI=1S/C13H17BrFNO3/c1-8(7-16)3-4-19-12-6-11(15)10(14)5-9(12)13(17)18-2/h5-6,8H,3-4,7,16H2,1-2H3/t8-/m1/s1. The van der Waals surface area contributed by atoms with Crippen LogP contribution in [0.4, 0.5) is 4.39 Å². The third-order valence-electron chi connectivity index (χ3n) is 2.70. The molecule has 19 heavy (non-hydrogen) atoms. The second-order valence-electron chi connectivity index (χ2n) is 4.23. The van der Waals surface area contributed by atoms with Crippen molar-refractivity contribution in [2.75, 3.05) is 20.3 Å². The number of benzene rings is 1. The van der Waals surface area contributed by atoms with Crippen LogP contribution in [0.2, 0.25) is 0 Å². The predicted molar refractivity (Wildman–Crippen MR) is 73.8 cm³/mol. The van der Waals surface area contributed by atoms with Crippen molar-refractivity contribution in [3.05, 3.63) is 28.0 Å². The lowest BCUT2D eigenvalue weighted by Gasteiger charge is -2.13. The van der Waals surface area contributed by atoms with Crippen molar-refractivity contribution in [1.82, 2.24) is 0 Å². The van der Waals surface area contributed by atoms with Gasteiger partial charge in [-0.25, -0.2) is 9.18 Å². The largest absolute Gasteiger partial charge is 0.493 e. The Morgan fingerprint density at radius 1 is 1.53 bits per heavy atom. The molecule has 0 bridgehead atoms. The average Bonchev–Trinajstić information content (AvgIpc) is 2.41. The monoisotopic (exact) mass is 333 g/mol. The summed E-state index contributed by atoms with van der Waals surface area (Å²) in [6.45, 7) is 2.91. The van der Waals surface area contributed by atoms with Gasteiger partial charge in [-0.3, -0.25) is 0 Å². The second kappa shape index (κ2) is 7.45. The Labute approximate surface area is 120 Å². The minimum atomic E-state index is -0.567. The van der Waals surface area contributed by atoms with Gasteiger partial charge in [0.05, 0.1) is 18.2 Å². The maximum absolute atomic E-state index is 13.5. The molecule has 0 fully saturated rings.